The first-order chi connectivity index (χ1) is 14.4. The molecule has 6 nitrogen and oxygen atoms in total. The summed E-state index contributed by atoms with van der Waals surface area (Å²) in [5.74, 6) is -1.66. The monoisotopic (exact) mass is 439 g/mol. The fraction of sp³-hybridized carbons (Fsp3) is 0.182. The first-order valence-corrected chi connectivity index (χ1v) is 10.6. The minimum atomic E-state index is -0.954. The minimum Gasteiger partial charge on any atom is -0.300 e. The number of imide groups is 1. The van der Waals surface area contributed by atoms with Crippen LogP contribution in [-0.2, 0) is 4.79 Å². The van der Waals surface area contributed by atoms with Crippen LogP contribution in [0.3, 0.4) is 0 Å². The van der Waals surface area contributed by atoms with Crippen LogP contribution in [0.4, 0.5) is 5.13 Å². The Balaban J connectivity index is 1.58. The molecule has 0 fully saturated rings. The summed E-state index contributed by atoms with van der Waals surface area (Å²) in [6.45, 7) is 3.59. The van der Waals surface area contributed by atoms with Crippen molar-refractivity contribution in [3.63, 3.8) is 0 Å². The number of rotatable bonds is 5. The fourth-order valence-corrected chi connectivity index (χ4v) is 4.43. The van der Waals surface area contributed by atoms with Crippen molar-refractivity contribution in [2.24, 2.45) is 5.92 Å². The smallest absolute Gasteiger partial charge is 0.262 e. The van der Waals surface area contributed by atoms with Gasteiger partial charge in [0.2, 0.25) is 5.91 Å². The van der Waals surface area contributed by atoms with Crippen LogP contribution in [0.25, 0.3) is 11.3 Å². The van der Waals surface area contributed by atoms with E-state index in [1.807, 2.05) is 18.2 Å². The van der Waals surface area contributed by atoms with Gasteiger partial charge >= 0.3 is 0 Å². The summed E-state index contributed by atoms with van der Waals surface area (Å²) < 4.78 is 0. The number of hydrogen-bond donors (Lipinski definition) is 1. The van der Waals surface area contributed by atoms with Gasteiger partial charge in [-0.05, 0) is 24.1 Å². The van der Waals surface area contributed by atoms with Gasteiger partial charge in [-0.2, -0.15) is 0 Å². The van der Waals surface area contributed by atoms with Gasteiger partial charge in [-0.25, -0.2) is 4.98 Å². The van der Waals surface area contributed by atoms with E-state index >= 15 is 0 Å². The van der Waals surface area contributed by atoms with Crippen LogP contribution < -0.4 is 5.32 Å². The maximum Gasteiger partial charge on any atom is 0.262 e. The molecule has 1 aliphatic heterocycles. The van der Waals surface area contributed by atoms with E-state index in [0.717, 1.165) is 10.5 Å². The Morgan fingerprint density at radius 1 is 1.00 bits per heavy atom. The Hall–Kier alpha value is -3.03. The molecule has 1 unspecified atom stereocenters. The third-order valence-corrected chi connectivity index (χ3v) is 5.98. The molecule has 0 bridgehead atoms. The topological polar surface area (TPSA) is 79.4 Å². The van der Waals surface area contributed by atoms with E-state index in [1.54, 1.807) is 49.6 Å². The number of nitrogens with one attached hydrogen (secondary N) is 1. The third kappa shape index (κ3) is 3.51. The van der Waals surface area contributed by atoms with Gasteiger partial charge in [0.15, 0.2) is 5.13 Å². The number of hydrogen-bond acceptors (Lipinski definition) is 5. The second-order valence-corrected chi connectivity index (χ2v) is 8.49. The molecule has 152 valence electrons. The van der Waals surface area contributed by atoms with Gasteiger partial charge in [-0.15, -0.1) is 11.3 Å². The molecule has 0 saturated carbocycles. The molecule has 2 aromatic carbocycles. The number of fused-ring (bicyclic) bond motifs is 1. The Morgan fingerprint density at radius 2 is 1.57 bits per heavy atom. The van der Waals surface area contributed by atoms with E-state index in [0.29, 0.717) is 27.0 Å². The van der Waals surface area contributed by atoms with Crippen LogP contribution in [0.2, 0.25) is 5.02 Å². The average molecular weight is 440 g/mol. The highest BCUT2D eigenvalue weighted by atomic mass is 35.5. The van der Waals surface area contributed by atoms with Gasteiger partial charge in [0.05, 0.1) is 16.8 Å². The van der Waals surface area contributed by atoms with E-state index < -0.39 is 23.8 Å². The average Bonchev–Trinajstić information content (AvgIpc) is 3.27. The van der Waals surface area contributed by atoms with Crippen LogP contribution in [0.15, 0.2) is 53.9 Å². The Bertz CT molecular complexity index is 1120. The molecule has 2 heterocycles. The predicted molar refractivity (Wildman–Crippen MR) is 117 cm³/mol. The second kappa shape index (κ2) is 8.01. The molecule has 4 rings (SSSR count). The highest BCUT2D eigenvalue weighted by molar-refractivity contribution is 7.14. The first kappa shape index (κ1) is 20.3. The van der Waals surface area contributed by atoms with Crippen LogP contribution >= 0.6 is 22.9 Å². The molecule has 3 amide bonds. The van der Waals surface area contributed by atoms with E-state index in [-0.39, 0.29) is 5.92 Å². The predicted octanol–water partition coefficient (Wildman–Crippen LogP) is 4.72. The second-order valence-electron chi connectivity index (χ2n) is 7.22. The normalized spacial score (nSPS) is 14.2. The van der Waals surface area contributed by atoms with Gasteiger partial charge in [-0.3, -0.25) is 19.3 Å². The van der Waals surface area contributed by atoms with Gasteiger partial charge in [0.1, 0.15) is 6.04 Å². The fourth-order valence-electron chi connectivity index (χ4n) is 3.48. The van der Waals surface area contributed by atoms with Gasteiger partial charge in [-0.1, -0.05) is 55.8 Å². The quantitative estimate of drug-likeness (QED) is 0.583. The van der Waals surface area contributed by atoms with Gasteiger partial charge in [0, 0.05) is 16.0 Å². The zero-order valence-corrected chi connectivity index (χ0v) is 17.8. The highest BCUT2D eigenvalue weighted by Crippen LogP contribution is 2.31. The van der Waals surface area contributed by atoms with Crippen LogP contribution in [0.5, 0.6) is 0 Å². The summed E-state index contributed by atoms with van der Waals surface area (Å²) in [5.41, 5.74) is 2.03. The standard InChI is InChI=1S/C22H18ClN3O3S/c1-12(2)18(26-20(28)13-7-3-4-8-14(13)21(26)29)19(27)25-22-24-17(11-30-22)15-9-5-6-10-16(15)23/h3-12,18H,1-2H3,(H,24,25,27). The number of anilines is 1. The van der Waals surface area contributed by atoms with E-state index in [4.69, 9.17) is 11.6 Å². The number of nitrogens with zero attached hydrogens (tertiary/aromatic N) is 2. The number of halogens is 1. The van der Waals surface area contributed by atoms with Crippen molar-refractivity contribution in [2.45, 2.75) is 19.9 Å². The maximum atomic E-state index is 13.1. The molecule has 30 heavy (non-hydrogen) atoms. The van der Waals surface area contributed by atoms with E-state index in [9.17, 15) is 14.4 Å². The minimum absolute atomic E-state index is 0.282. The summed E-state index contributed by atoms with van der Waals surface area (Å²) in [5, 5.41) is 5.49. The summed E-state index contributed by atoms with van der Waals surface area (Å²) in [6.07, 6.45) is 0. The number of aromatic nitrogens is 1. The molecular weight excluding hydrogens is 422 g/mol. The Labute approximate surface area is 182 Å². The van der Waals surface area contributed by atoms with E-state index in [1.165, 1.54) is 11.3 Å². The molecule has 0 aliphatic carbocycles. The molecule has 1 aliphatic rings. The van der Waals surface area contributed by atoms with Crippen molar-refractivity contribution in [3.8, 4) is 11.3 Å². The molecule has 3 aromatic rings. The number of carbonyl (C=O) groups is 3. The van der Waals surface area contributed by atoms with Crippen LogP contribution in [-0.4, -0.2) is 33.6 Å². The van der Waals surface area contributed by atoms with Gasteiger partial charge < -0.3 is 5.32 Å². The Kier molecular flexibility index (Phi) is 5.40. The molecule has 0 saturated heterocycles. The molecule has 1 N–H and O–H groups in total. The SMILES string of the molecule is CC(C)C(C(=O)Nc1nc(-c2ccccc2Cl)cs1)N1C(=O)c2ccccc2C1=O. The molecule has 1 aromatic heterocycles. The zero-order valence-electron chi connectivity index (χ0n) is 16.3. The van der Waals surface area contributed by atoms with Crippen molar-refractivity contribution in [3.05, 3.63) is 70.1 Å². The molecular formula is C22H18ClN3O3S. The van der Waals surface area contributed by atoms with Crippen molar-refractivity contribution >= 4 is 45.8 Å². The maximum absolute atomic E-state index is 13.1. The number of thiazole rings is 1. The van der Waals surface area contributed by atoms with Crippen molar-refractivity contribution < 1.29 is 14.4 Å². The van der Waals surface area contributed by atoms with Crippen molar-refractivity contribution in [2.75, 3.05) is 5.32 Å². The molecule has 0 spiro atoms. The third-order valence-electron chi connectivity index (χ3n) is 4.89. The summed E-state index contributed by atoms with van der Waals surface area (Å²) in [4.78, 5) is 44.2. The molecule has 8 heteroatoms. The largest absolute Gasteiger partial charge is 0.300 e. The number of benzene rings is 2. The summed E-state index contributed by atoms with van der Waals surface area (Å²) >= 11 is 7.48. The zero-order chi connectivity index (χ0) is 21.4. The Morgan fingerprint density at radius 3 is 2.13 bits per heavy atom. The molecule has 1 atom stereocenters. The lowest BCUT2D eigenvalue weighted by Crippen LogP contribution is -2.50. The van der Waals surface area contributed by atoms with E-state index in [2.05, 4.69) is 10.3 Å². The summed E-state index contributed by atoms with van der Waals surface area (Å²) in [7, 11) is 0. The van der Waals surface area contributed by atoms with Gasteiger partial charge in [0.25, 0.3) is 11.8 Å². The number of carbonyl (C=O) groups excluding carboxylic acids is 3. The lowest BCUT2D eigenvalue weighted by molar-refractivity contribution is -0.121. The highest BCUT2D eigenvalue weighted by Gasteiger charge is 2.44. The number of amides is 3. The lowest BCUT2D eigenvalue weighted by atomic mass is 10.0. The van der Waals surface area contributed by atoms with Crippen molar-refractivity contribution in [1.29, 1.82) is 0 Å². The van der Waals surface area contributed by atoms with Crippen molar-refractivity contribution in [1.82, 2.24) is 9.88 Å². The first-order valence-electron chi connectivity index (χ1n) is 9.36. The van der Waals surface area contributed by atoms with Crippen LogP contribution in [0.1, 0.15) is 34.6 Å². The lowest BCUT2D eigenvalue weighted by Gasteiger charge is -2.27. The summed E-state index contributed by atoms with van der Waals surface area (Å²) in [6, 6.07) is 12.9. The van der Waals surface area contributed by atoms with Crippen LogP contribution in [0, 0.1) is 5.92 Å². The molecule has 0 radical (unpaired) electrons.